The number of hydrogen-bond acceptors (Lipinski definition) is 7. The van der Waals surface area contributed by atoms with Crippen molar-refractivity contribution in [2.75, 3.05) is 13.1 Å². The molecule has 0 spiro atoms. The van der Waals surface area contributed by atoms with Crippen LogP contribution in [0.3, 0.4) is 0 Å². The maximum absolute atomic E-state index is 12.6. The van der Waals surface area contributed by atoms with Crippen LogP contribution < -0.4 is 5.56 Å². The van der Waals surface area contributed by atoms with E-state index in [2.05, 4.69) is 15.2 Å². The van der Waals surface area contributed by atoms with E-state index in [0.717, 1.165) is 18.4 Å². The lowest BCUT2D eigenvalue weighted by Crippen LogP contribution is -2.43. The van der Waals surface area contributed by atoms with Gasteiger partial charge in [0.2, 0.25) is 17.6 Å². The predicted molar refractivity (Wildman–Crippen MR) is 99.1 cm³/mol. The molecule has 3 aromatic heterocycles. The Morgan fingerprint density at radius 3 is 3.11 bits per heavy atom. The van der Waals surface area contributed by atoms with Crippen LogP contribution in [0.15, 0.2) is 44.5 Å². The summed E-state index contributed by atoms with van der Waals surface area (Å²) in [7, 11) is 0. The van der Waals surface area contributed by atoms with Crippen LogP contribution >= 0.6 is 11.3 Å². The first kappa shape index (κ1) is 17.6. The lowest BCUT2D eigenvalue weighted by Gasteiger charge is -2.32. The van der Waals surface area contributed by atoms with E-state index >= 15 is 0 Å². The first-order valence-electron chi connectivity index (χ1n) is 8.84. The lowest BCUT2D eigenvalue weighted by molar-refractivity contribution is -0.134. The zero-order valence-corrected chi connectivity index (χ0v) is 15.5. The third kappa shape index (κ3) is 4.13. The number of nitrogens with zero attached hydrogens (tertiary/aromatic N) is 5. The Morgan fingerprint density at radius 2 is 2.30 bits per heavy atom. The minimum atomic E-state index is -0.272. The van der Waals surface area contributed by atoms with Gasteiger partial charge in [-0.25, -0.2) is 4.68 Å². The molecule has 4 rings (SSSR count). The number of thiophene rings is 1. The Balaban J connectivity index is 1.37. The van der Waals surface area contributed by atoms with E-state index in [1.54, 1.807) is 22.3 Å². The smallest absolute Gasteiger partial charge is 0.267 e. The summed E-state index contributed by atoms with van der Waals surface area (Å²) >= 11 is 1.59. The maximum atomic E-state index is 12.6. The number of piperidine rings is 1. The molecule has 1 saturated heterocycles. The van der Waals surface area contributed by atoms with Crippen molar-refractivity contribution in [3.8, 4) is 11.4 Å². The Hall–Kier alpha value is -2.81. The molecule has 1 aliphatic heterocycles. The molecule has 0 aliphatic carbocycles. The molecule has 0 radical (unpaired) electrons. The molecule has 0 saturated carbocycles. The third-order valence-electron chi connectivity index (χ3n) is 4.65. The van der Waals surface area contributed by atoms with Crippen LogP contribution in [-0.2, 0) is 17.8 Å². The Morgan fingerprint density at radius 1 is 1.37 bits per heavy atom. The van der Waals surface area contributed by atoms with Gasteiger partial charge in [-0.15, -0.1) is 0 Å². The van der Waals surface area contributed by atoms with Crippen molar-refractivity contribution in [2.24, 2.45) is 5.92 Å². The van der Waals surface area contributed by atoms with E-state index in [0.29, 0.717) is 31.2 Å². The molecular formula is C18H19N5O3S. The van der Waals surface area contributed by atoms with Gasteiger partial charge < -0.3 is 9.42 Å². The number of rotatable bonds is 5. The molecule has 1 fully saturated rings. The summed E-state index contributed by atoms with van der Waals surface area (Å²) < 4.78 is 6.57. The number of aromatic nitrogens is 4. The molecule has 1 amide bonds. The van der Waals surface area contributed by atoms with Crippen molar-refractivity contribution >= 4 is 17.2 Å². The normalized spacial score (nSPS) is 17.2. The molecular weight excluding hydrogens is 366 g/mol. The Bertz CT molecular complexity index is 965. The van der Waals surface area contributed by atoms with Gasteiger partial charge >= 0.3 is 0 Å². The second-order valence-corrected chi connectivity index (χ2v) is 7.38. The topological polar surface area (TPSA) is 94.1 Å². The summed E-state index contributed by atoms with van der Waals surface area (Å²) in [6, 6.07) is 4.93. The standard InChI is InChI=1S/C18H19N5O3S/c24-16-4-1-6-19-23(16)11-17(25)22-7-2-3-13(10-22)9-15-20-18(21-26-15)14-5-8-27-12-14/h1,4-6,8,12-13H,2-3,7,9-11H2. The van der Waals surface area contributed by atoms with E-state index in [1.807, 2.05) is 16.8 Å². The zero-order chi connectivity index (χ0) is 18.6. The maximum Gasteiger partial charge on any atom is 0.267 e. The van der Waals surface area contributed by atoms with Crippen LogP contribution in [0.4, 0.5) is 0 Å². The summed E-state index contributed by atoms with van der Waals surface area (Å²) in [6.07, 6.45) is 4.07. The summed E-state index contributed by atoms with van der Waals surface area (Å²) in [5.74, 6) is 1.37. The second kappa shape index (κ2) is 7.83. The largest absolute Gasteiger partial charge is 0.341 e. The van der Waals surface area contributed by atoms with Gasteiger partial charge in [0.05, 0.1) is 0 Å². The first-order valence-corrected chi connectivity index (χ1v) is 9.78. The molecule has 0 bridgehead atoms. The van der Waals surface area contributed by atoms with Gasteiger partial charge in [0, 0.05) is 42.7 Å². The highest BCUT2D eigenvalue weighted by molar-refractivity contribution is 7.08. The quantitative estimate of drug-likeness (QED) is 0.665. The molecule has 1 aliphatic rings. The van der Waals surface area contributed by atoms with Crippen molar-refractivity contribution in [1.82, 2.24) is 24.8 Å². The molecule has 0 N–H and O–H groups in total. The minimum Gasteiger partial charge on any atom is -0.341 e. The average Bonchev–Trinajstić information content (AvgIpc) is 3.35. The van der Waals surface area contributed by atoms with Gasteiger partial charge in [-0.1, -0.05) is 5.16 Å². The molecule has 1 atom stereocenters. The van der Waals surface area contributed by atoms with Gasteiger partial charge in [-0.3, -0.25) is 9.59 Å². The number of likely N-dealkylation sites (tertiary alicyclic amines) is 1. The second-order valence-electron chi connectivity index (χ2n) is 6.60. The summed E-state index contributed by atoms with van der Waals surface area (Å²) in [6.45, 7) is 1.28. The molecule has 140 valence electrons. The molecule has 9 heteroatoms. The summed E-state index contributed by atoms with van der Waals surface area (Å²) in [4.78, 5) is 30.6. The fourth-order valence-corrected chi connectivity index (χ4v) is 3.92. The zero-order valence-electron chi connectivity index (χ0n) is 14.7. The van der Waals surface area contributed by atoms with Gasteiger partial charge in [0.15, 0.2) is 0 Å². The predicted octanol–water partition coefficient (Wildman–Crippen LogP) is 1.84. The van der Waals surface area contributed by atoms with Gasteiger partial charge in [-0.2, -0.15) is 21.4 Å². The number of carbonyl (C=O) groups excluding carboxylic acids is 1. The molecule has 1 unspecified atom stereocenters. The molecule has 8 nitrogen and oxygen atoms in total. The number of hydrogen-bond donors (Lipinski definition) is 0. The Labute approximate surface area is 159 Å². The van der Waals surface area contributed by atoms with Crippen LogP contribution in [0, 0.1) is 5.92 Å². The molecule has 27 heavy (non-hydrogen) atoms. The first-order chi connectivity index (χ1) is 13.2. The fraction of sp³-hybridized carbons (Fsp3) is 0.389. The highest BCUT2D eigenvalue weighted by atomic mass is 32.1. The molecule has 4 heterocycles. The highest BCUT2D eigenvalue weighted by Gasteiger charge is 2.26. The van der Waals surface area contributed by atoms with Crippen LogP contribution in [0.1, 0.15) is 18.7 Å². The van der Waals surface area contributed by atoms with Gasteiger partial charge in [0.25, 0.3) is 5.56 Å². The number of amides is 1. The highest BCUT2D eigenvalue weighted by Crippen LogP contribution is 2.23. The van der Waals surface area contributed by atoms with E-state index in [9.17, 15) is 9.59 Å². The fourth-order valence-electron chi connectivity index (χ4n) is 3.29. The Kier molecular flexibility index (Phi) is 5.10. The van der Waals surface area contributed by atoms with Crippen LogP contribution in [0.2, 0.25) is 0 Å². The molecule has 0 aromatic carbocycles. The van der Waals surface area contributed by atoms with Crippen molar-refractivity contribution in [3.05, 3.63) is 51.4 Å². The van der Waals surface area contributed by atoms with Crippen LogP contribution in [0.5, 0.6) is 0 Å². The third-order valence-corrected chi connectivity index (χ3v) is 5.34. The van der Waals surface area contributed by atoms with Crippen molar-refractivity contribution < 1.29 is 9.32 Å². The van der Waals surface area contributed by atoms with Crippen molar-refractivity contribution in [1.29, 1.82) is 0 Å². The lowest BCUT2D eigenvalue weighted by atomic mass is 9.94. The van der Waals surface area contributed by atoms with E-state index in [-0.39, 0.29) is 23.9 Å². The number of carbonyl (C=O) groups is 1. The van der Waals surface area contributed by atoms with Crippen molar-refractivity contribution in [3.63, 3.8) is 0 Å². The van der Waals surface area contributed by atoms with E-state index in [4.69, 9.17) is 4.52 Å². The summed E-state index contributed by atoms with van der Waals surface area (Å²) in [5.41, 5.74) is 0.683. The SMILES string of the molecule is O=C(Cn1ncccc1=O)N1CCCC(Cc2nc(-c3ccsc3)no2)C1. The van der Waals surface area contributed by atoms with Crippen LogP contribution in [0.25, 0.3) is 11.4 Å². The van der Waals surface area contributed by atoms with E-state index in [1.165, 1.54) is 16.9 Å². The van der Waals surface area contributed by atoms with Gasteiger partial charge in [0.1, 0.15) is 6.54 Å². The van der Waals surface area contributed by atoms with Crippen LogP contribution in [-0.4, -0.2) is 43.8 Å². The molecule has 3 aromatic rings. The van der Waals surface area contributed by atoms with Gasteiger partial charge in [-0.05, 0) is 36.3 Å². The average molecular weight is 385 g/mol. The van der Waals surface area contributed by atoms with E-state index < -0.39 is 0 Å². The monoisotopic (exact) mass is 385 g/mol. The van der Waals surface area contributed by atoms with Crippen molar-refractivity contribution in [2.45, 2.75) is 25.8 Å². The summed E-state index contributed by atoms with van der Waals surface area (Å²) in [5, 5.41) is 11.9. The minimum absolute atomic E-state index is 0.0325.